The molecule has 0 aliphatic heterocycles. The van der Waals surface area contributed by atoms with Crippen LogP contribution in [0, 0.1) is 19.7 Å². The minimum atomic E-state index is -0.241. The van der Waals surface area contributed by atoms with Gasteiger partial charge in [0.2, 0.25) is 0 Å². The fraction of sp³-hybridized carbons (Fsp3) is 0.391. The lowest BCUT2D eigenvalue weighted by atomic mass is 10.0. The summed E-state index contributed by atoms with van der Waals surface area (Å²) in [5.74, 6) is 1.57. The third kappa shape index (κ3) is 4.31. The summed E-state index contributed by atoms with van der Waals surface area (Å²) in [6, 6.07) is 7.61. The molecule has 7 heteroatoms. The van der Waals surface area contributed by atoms with Gasteiger partial charge in [-0.15, -0.1) is 0 Å². The molecule has 1 fully saturated rings. The molecule has 1 aliphatic rings. The zero-order valence-corrected chi connectivity index (χ0v) is 17.6. The van der Waals surface area contributed by atoms with E-state index in [2.05, 4.69) is 25.8 Å². The largest absolute Gasteiger partial charge is 0.489 e. The molecule has 0 amide bonds. The summed E-state index contributed by atoms with van der Waals surface area (Å²) < 4.78 is 21.0. The second-order valence-corrected chi connectivity index (χ2v) is 7.98. The van der Waals surface area contributed by atoms with Crippen LogP contribution >= 0.6 is 0 Å². The van der Waals surface area contributed by atoms with Crippen LogP contribution in [0.5, 0.6) is 5.75 Å². The normalized spacial score (nSPS) is 18.5. The molecule has 30 heavy (non-hydrogen) atoms. The van der Waals surface area contributed by atoms with Gasteiger partial charge in [-0.25, -0.2) is 4.39 Å². The van der Waals surface area contributed by atoms with E-state index in [1.54, 1.807) is 18.5 Å². The van der Waals surface area contributed by atoms with Crippen molar-refractivity contribution in [1.82, 2.24) is 20.5 Å². The summed E-state index contributed by atoms with van der Waals surface area (Å²) >= 11 is 0. The van der Waals surface area contributed by atoms with Crippen molar-refractivity contribution in [3.63, 3.8) is 0 Å². The fourth-order valence-electron chi connectivity index (χ4n) is 4.04. The fourth-order valence-corrected chi connectivity index (χ4v) is 4.04. The summed E-state index contributed by atoms with van der Waals surface area (Å²) in [7, 11) is 1.81. The maximum atomic E-state index is 14.8. The Morgan fingerprint density at radius 2 is 2.07 bits per heavy atom. The number of nitrogens with zero attached hydrogens (tertiary/aromatic N) is 2. The molecule has 0 saturated heterocycles. The number of benzene rings is 1. The van der Waals surface area contributed by atoms with Crippen molar-refractivity contribution in [2.75, 3.05) is 12.4 Å². The van der Waals surface area contributed by atoms with Gasteiger partial charge in [0.15, 0.2) is 11.6 Å². The lowest BCUT2D eigenvalue weighted by molar-refractivity contribution is 0.205. The zero-order valence-electron chi connectivity index (χ0n) is 17.6. The average Bonchev–Trinajstić information content (AvgIpc) is 3.39. The van der Waals surface area contributed by atoms with Crippen molar-refractivity contribution < 1.29 is 9.13 Å². The van der Waals surface area contributed by atoms with Crippen molar-refractivity contribution in [1.29, 1.82) is 0 Å². The molecule has 2 atom stereocenters. The number of anilines is 2. The molecule has 6 nitrogen and oxygen atoms in total. The standard InChI is InChI=1S/C23H28FN5O/c1-14-4-7-19(23(24)18(14)12-25-3)27-22-11-20(28-29-22)16-5-6-17(10-16)30-21-13-26-9-8-15(21)2/h4,7-9,11,13,16-17,25H,5-6,10,12H2,1-3H3,(H2,27,28,29). The first-order valence-electron chi connectivity index (χ1n) is 10.4. The van der Waals surface area contributed by atoms with Gasteiger partial charge in [-0.2, -0.15) is 5.10 Å². The lowest BCUT2D eigenvalue weighted by Gasteiger charge is -2.15. The van der Waals surface area contributed by atoms with Gasteiger partial charge in [0.05, 0.1) is 18.0 Å². The van der Waals surface area contributed by atoms with Gasteiger partial charge < -0.3 is 15.4 Å². The van der Waals surface area contributed by atoms with Gasteiger partial charge in [-0.1, -0.05) is 6.07 Å². The lowest BCUT2D eigenvalue weighted by Crippen LogP contribution is -2.12. The maximum absolute atomic E-state index is 14.8. The Labute approximate surface area is 176 Å². The highest BCUT2D eigenvalue weighted by molar-refractivity contribution is 5.59. The third-order valence-electron chi connectivity index (χ3n) is 5.80. The molecule has 158 valence electrons. The summed E-state index contributed by atoms with van der Waals surface area (Å²) in [5, 5.41) is 13.6. The van der Waals surface area contributed by atoms with Gasteiger partial charge in [0, 0.05) is 36.0 Å². The molecule has 1 aromatic carbocycles. The first-order chi connectivity index (χ1) is 14.5. The summed E-state index contributed by atoms with van der Waals surface area (Å²) in [4.78, 5) is 4.15. The van der Waals surface area contributed by atoms with Crippen molar-refractivity contribution in [3.05, 3.63) is 64.9 Å². The Morgan fingerprint density at radius 1 is 1.20 bits per heavy atom. The van der Waals surface area contributed by atoms with Crippen molar-refractivity contribution in [2.45, 2.75) is 51.7 Å². The highest BCUT2D eigenvalue weighted by Gasteiger charge is 2.29. The molecule has 4 rings (SSSR count). The monoisotopic (exact) mass is 409 g/mol. The van der Waals surface area contributed by atoms with Crippen LogP contribution in [0.3, 0.4) is 0 Å². The number of nitrogens with one attached hydrogen (secondary N) is 3. The predicted molar refractivity (Wildman–Crippen MR) is 116 cm³/mol. The summed E-state index contributed by atoms with van der Waals surface area (Å²) in [5.41, 5.74) is 4.17. The van der Waals surface area contributed by atoms with E-state index in [0.29, 0.717) is 29.5 Å². The van der Waals surface area contributed by atoms with Crippen molar-refractivity contribution >= 4 is 11.5 Å². The molecular weight excluding hydrogens is 381 g/mol. The number of aromatic nitrogens is 3. The number of halogens is 1. The number of ether oxygens (including phenoxy) is 1. The average molecular weight is 410 g/mol. The molecule has 1 saturated carbocycles. The van der Waals surface area contributed by atoms with E-state index in [9.17, 15) is 4.39 Å². The van der Waals surface area contributed by atoms with Gasteiger partial charge in [-0.05, 0) is 63.4 Å². The van der Waals surface area contributed by atoms with Crippen LogP contribution in [0.4, 0.5) is 15.9 Å². The Morgan fingerprint density at radius 3 is 2.87 bits per heavy atom. The first kappa shape index (κ1) is 20.3. The van der Waals surface area contributed by atoms with Gasteiger partial charge in [-0.3, -0.25) is 10.1 Å². The van der Waals surface area contributed by atoms with Crippen LogP contribution in [-0.4, -0.2) is 28.3 Å². The van der Waals surface area contributed by atoms with Gasteiger partial charge in [0.25, 0.3) is 0 Å². The van der Waals surface area contributed by atoms with E-state index in [0.717, 1.165) is 41.8 Å². The molecule has 0 radical (unpaired) electrons. The quantitative estimate of drug-likeness (QED) is 0.526. The van der Waals surface area contributed by atoms with Crippen molar-refractivity contribution in [3.8, 4) is 5.75 Å². The smallest absolute Gasteiger partial charge is 0.152 e. The topological polar surface area (TPSA) is 74.9 Å². The number of hydrogen-bond donors (Lipinski definition) is 3. The Bertz CT molecular complexity index is 1020. The highest BCUT2D eigenvalue weighted by atomic mass is 19.1. The SMILES string of the molecule is CNCc1c(C)ccc(Nc2cc(C3CCC(Oc4cnccc4C)C3)[nH]n2)c1F. The Hall–Kier alpha value is -2.93. The third-order valence-corrected chi connectivity index (χ3v) is 5.80. The summed E-state index contributed by atoms with van der Waals surface area (Å²) in [6.07, 6.45) is 6.64. The van der Waals surface area contributed by atoms with E-state index < -0.39 is 0 Å². The number of aryl methyl sites for hydroxylation is 2. The number of hydrogen-bond acceptors (Lipinski definition) is 5. The van der Waals surface area contributed by atoms with Crippen LogP contribution in [0.2, 0.25) is 0 Å². The number of pyridine rings is 1. The molecule has 2 heterocycles. The highest BCUT2D eigenvalue weighted by Crippen LogP contribution is 2.37. The molecule has 3 aromatic rings. The number of rotatable bonds is 7. The van der Waals surface area contributed by atoms with Crippen LogP contribution < -0.4 is 15.4 Å². The summed E-state index contributed by atoms with van der Waals surface area (Å²) in [6.45, 7) is 4.43. The second kappa shape index (κ2) is 8.83. The van der Waals surface area contributed by atoms with E-state index in [1.165, 1.54) is 0 Å². The molecule has 1 aliphatic carbocycles. The molecule has 3 N–H and O–H groups in total. The Kier molecular flexibility index (Phi) is 5.99. The second-order valence-electron chi connectivity index (χ2n) is 7.98. The Balaban J connectivity index is 1.41. The number of aromatic amines is 1. The molecule has 0 spiro atoms. The molecule has 0 bridgehead atoms. The predicted octanol–water partition coefficient (Wildman–Crippen LogP) is 4.74. The van der Waals surface area contributed by atoms with Crippen LogP contribution in [0.15, 0.2) is 36.7 Å². The zero-order chi connectivity index (χ0) is 21.1. The molecule has 2 aromatic heterocycles. The minimum Gasteiger partial charge on any atom is -0.489 e. The maximum Gasteiger partial charge on any atom is 0.152 e. The van der Waals surface area contributed by atoms with Crippen molar-refractivity contribution in [2.24, 2.45) is 0 Å². The van der Waals surface area contributed by atoms with E-state index in [-0.39, 0.29) is 11.9 Å². The van der Waals surface area contributed by atoms with Crippen LogP contribution in [-0.2, 0) is 6.54 Å². The number of H-pyrrole nitrogens is 1. The first-order valence-corrected chi connectivity index (χ1v) is 10.4. The minimum absolute atomic E-state index is 0.163. The van der Waals surface area contributed by atoms with Gasteiger partial charge >= 0.3 is 0 Å². The van der Waals surface area contributed by atoms with E-state index >= 15 is 0 Å². The van der Waals surface area contributed by atoms with Crippen LogP contribution in [0.1, 0.15) is 47.6 Å². The van der Waals surface area contributed by atoms with Crippen LogP contribution in [0.25, 0.3) is 0 Å². The molecular formula is C23H28FN5O. The van der Waals surface area contributed by atoms with Gasteiger partial charge in [0.1, 0.15) is 5.75 Å². The van der Waals surface area contributed by atoms with E-state index in [4.69, 9.17) is 4.74 Å². The van der Waals surface area contributed by atoms with E-state index in [1.807, 2.05) is 39.1 Å². The molecule has 2 unspecified atom stereocenters.